The van der Waals surface area contributed by atoms with Gasteiger partial charge in [-0.2, -0.15) is 0 Å². The highest BCUT2D eigenvalue weighted by Gasteiger charge is 2.19. The van der Waals surface area contributed by atoms with E-state index < -0.39 is 0 Å². The summed E-state index contributed by atoms with van der Waals surface area (Å²) < 4.78 is 8.96. The molecule has 0 spiro atoms. The summed E-state index contributed by atoms with van der Waals surface area (Å²) in [4.78, 5) is 9.61. The number of para-hydroxylation sites is 1. The minimum absolute atomic E-state index is 0.00740. The molecule has 0 saturated heterocycles. The Bertz CT molecular complexity index is 2200. The van der Waals surface area contributed by atoms with Crippen molar-refractivity contribution in [2.75, 3.05) is 0 Å². The van der Waals surface area contributed by atoms with E-state index in [1.54, 1.807) is 0 Å². The van der Waals surface area contributed by atoms with Crippen molar-refractivity contribution in [3.8, 4) is 39.7 Å². The molecule has 0 aliphatic heterocycles. The zero-order valence-corrected chi connectivity index (χ0v) is 27.4. The largest absolute Gasteiger partial charge is 0.457 e. The first kappa shape index (κ1) is 29.5. The average Bonchev–Trinajstić information content (AvgIpc) is 3.38. The van der Waals surface area contributed by atoms with E-state index in [0.717, 1.165) is 56.1 Å². The number of pyridine rings is 2. The summed E-state index contributed by atoms with van der Waals surface area (Å²) in [6, 6.07) is 40.3. The van der Waals surface area contributed by atoms with Crippen molar-refractivity contribution in [3.05, 3.63) is 139 Å². The zero-order chi connectivity index (χ0) is 32.1. The lowest BCUT2D eigenvalue weighted by atomic mass is 9.87. The Kier molecular flexibility index (Phi) is 7.24. The fourth-order valence-corrected chi connectivity index (χ4v) is 6.06. The summed E-state index contributed by atoms with van der Waals surface area (Å²) in [7, 11) is 0. The van der Waals surface area contributed by atoms with Gasteiger partial charge in [0, 0.05) is 34.8 Å². The van der Waals surface area contributed by atoms with Gasteiger partial charge in [-0.3, -0.25) is 9.55 Å². The number of rotatable bonds is 5. The molecule has 0 amide bonds. The van der Waals surface area contributed by atoms with Crippen molar-refractivity contribution in [2.24, 2.45) is 0 Å². The number of nitrogens with zero attached hydrogens (tertiary/aromatic N) is 3. The van der Waals surface area contributed by atoms with E-state index in [0.29, 0.717) is 0 Å². The number of ether oxygens (including phenoxy) is 1. The minimum atomic E-state index is 0.00740. The fraction of sp³-hybridized carbons (Fsp3) is 0.190. The Labute approximate surface area is 271 Å². The average molecular weight is 602 g/mol. The van der Waals surface area contributed by atoms with Crippen molar-refractivity contribution in [2.45, 2.75) is 52.4 Å². The van der Waals surface area contributed by atoms with Crippen LogP contribution in [0.15, 0.2) is 128 Å². The third kappa shape index (κ3) is 5.67. The highest BCUT2D eigenvalue weighted by molar-refractivity contribution is 6.09. The van der Waals surface area contributed by atoms with Gasteiger partial charge >= 0.3 is 0 Å². The highest BCUT2D eigenvalue weighted by atomic mass is 16.5. The van der Waals surface area contributed by atoms with Gasteiger partial charge in [-0.25, -0.2) is 4.98 Å². The molecule has 0 saturated carbocycles. The van der Waals surface area contributed by atoms with Gasteiger partial charge in [0.1, 0.15) is 17.3 Å². The molecule has 3 heterocycles. The van der Waals surface area contributed by atoms with Crippen molar-refractivity contribution in [3.63, 3.8) is 0 Å². The molecule has 3 aromatic heterocycles. The lowest BCUT2D eigenvalue weighted by Crippen LogP contribution is -2.12. The predicted octanol–water partition coefficient (Wildman–Crippen LogP) is 11.3. The van der Waals surface area contributed by atoms with Gasteiger partial charge in [0.25, 0.3) is 0 Å². The number of benzene rings is 4. The maximum atomic E-state index is 6.71. The summed E-state index contributed by atoms with van der Waals surface area (Å²) in [5.74, 6) is 2.42. The molecule has 228 valence electrons. The Hall–Kier alpha value is -5.22. The van der Waals surface area contributed by atoms with Gasteiger partial charge in [0.2, 0.25) is 0 Å². The van der Waals surface area contributed by atoms with E-state index in [-0.39, 0.29) is 10.8 Å². The summed E-state index contributed by atoms with van der Waals surface area (Å²) in [6.45, 7) is 13.4. The van der Waals surface area contributed by atoms with E-state index in [2.05, 4.69) is 155 Å². The van der Waals surface area contributed by atoms with Gasteiger partial charge in [-0.1, -0.05) is 90.1 Å². The van der Waals surface area contributed by atoms with Crippen LogP contribution in [0.4, 0.5) is 0 Å². The lowest BCUT2D eigenvalue weighted by molar-refractivity contribution is 0.483. The van der Waals surface area contributed by atoms with E-state index in [4.69, 9.17) is 14.7 Å². The zero-order valence-electron chi connectivity index (χ0n) is 27.4. The predicted molar refractivity (Wildman–Crippen MR) is 191 cm³/mol. The van der Waals surface area contributed by atoms with Crippen LogP contribution in [0.5, 0.6) is 11.5 Å². The second-order valence-corrected chi connectivity index (χ2v) is 14.1. The maximum Gasteiger partial charge on any atom is 0.137 e. The smallest absolute Gasteiger partial charge is 0.137 e. The van der Waals surface area contributed by atoms with Crippen LogP contribution in [-0.4, -0.2) is 14.5 Å². The highest BCUT2D eigenvalue weighted by Crippen LogP contribution is 2.38. The molecule has 7 aromatic rings. The molecule has 0 radical (unpaired) electrons. The molecule has 7 rings (SSSR count). The quantitative estimate of drug-likeness (QED) is 0.197. The molecule has 4 aromatic carbocycles. The third-order valence-corrected chi connectivity index (χ3v) is 8.66. The van der Waals surface area contributed by atoms with Crippen molar-refractivity contribution >= 4 is 21.8 Å². The summed E-state index contributed by atoms with van der Waals surface area (Å²) >= 11 is 0. The Morgan fingerprint density at radius 1 is 0.500 bits per heavy atom. The molecule has 46 heavy (non-hydrogen) atoms. The summed E-state index contributed by atoms with van der Waals surface area (Å²) in [5, 5.41) is 2.35. The van der Waals surface area contributed by atoms with Gasteiger partial charge in [0.15, 0.2) is 0 Å². The minimum Gasteiger partial charge on any atom is -0.457 e. The standard InChI is InChI=1S/C42H39N3O/c1-41(2,3)31-18-20-43-37(25-31)30-22-29(28-12-8-7-9-13-28)23-34(24-30)46-33-16-17-36-35-14-10-11-15-38(35)45(39(36)27-33)40-26-32(19-21-44-40)42(4,5)6/h7-27H,1-6H3. The second kappa shape index (κ2) is 11.3. The molecular weight excluding hydrogens is 562 g/mol. The van der Waals surface area contributed by atoms with Crippen LogP contribution >= 0.6 is 0 Å². The lowest BCUT2D eigenvalue weighted by Gasteiger charge is -2.20. The van der Waals surface area contributed by atoms with Crippen LogP contribution in [0.25, 0.3) is 50.0 Å². The van der Waals surface area contributed by atoms with E-state index in [1.165, 1.54) is 16.5 Å². The maximum absolute atomic E-state index is 6.71. The van der Waals surface area contributed by atoms with Crippen LogP contribution in [0.2, 0.25) is 0 Å². The topological polar surface area (TPSA) is 39.9 Å². The number of fused-ring (bicyclic) bond motifs is 3. The number of hydrogen-bond acceptors (Lipinski definition) is 3. The molecule has 0 atom stereocenters. The third-order valence-electron chi connectivity index (χ3n) is 8.66. The summed E-state index contributed by atoms with van der Waals surface area (Å²) in [5.41, 5.74) is 8.82. The van der Waals surface area contributed by atoms with E-state index >= 15 is 0 Å². The molecule has 0 fully saturated rings. The van der Waals surface area contributed by atoms with Crippen LogP contribution in [-0.2, 0) is 10.8 Å². The van der Waals surface area contributed by atoms with Gasteiger partial charge in [-0.05, 0) is 93.7 Å². The normalized spacial score (nSPS) is 12.1. The molecule has 0 aliphatic carbocycles. The molecule has 4 heteroatoms. The SMILES string of the molecule is CC(C)(C)c1ccnc(-c2cc(Oc3ccc4c5ccccc5n(-c5cc(C(C)(C)C)ccn5)c4c3)cc(-c3ccccc3)c2)c1. The van der Waals surface area contributed by atoms with Crippen LogP contribution in [0, 0.1) is 0 Å². The van der Waals surface area contributed by atoms with Crippen molar-refractivity contribution in [1.29, 1.82) is 0 Å². The fourth-order valence-electron chi connectivity index (χ4n) is 6.06. The Morgan fingerprint density at radius 3 is 1.91 bits per heavy atom. The van der Waals surface area contributed by atoms with E-state index in [9.17, 15) is 0 Å². The first-order valence-corrected chi connectivity index (χ1v) is 15.9. The first-order chi connectivity index (χ1) is 22.0. The second-order valence-electron chi connectivity index (χ2n) is 14.1. The van der Waals surface area contributed by atoms with Crippen molar-refractivity contribution in [1.82, 2.24) is 14.5 Å². The van der Waals surface area contributed by atoms with Crippen LogP contribution < -0.4 is 4.74 Å². The van der Waals surface area contributed by atoms with Crippen molar-refractivity contribution < 1.29 is 4.74 Å². The Balaban J connectivity index is 1.37. The van der Waals surface area contributed by atoms with Crippen LogP contribution in [0.1, 0.15) is 52.7 Å². The number of hydrogen-bond donors (Lipinski definition) is 0. The molecule has 4 nitrogen and oxygen atoms in total. The summed E-state index contributed by atoms with van der Waals surface area (Å²) in [6.07, 6.45) is 3.82. The molecule has 0 aliphatic rings. The van der Waals surface area contributed by atoms with E-state index in [1.807, 2.05) is 18.5 Å². The molecule has 0 N–H and O–H groups in total. The molecular formula is C42H39N3O. The number of aromatic nitrogens is 3. The molecule has 0 bridgehead atoms. The van der Waals surface area contributed by atoms with Gasteiger partial charge in [-0.15, -0.1) is 0 Å². The Morgan fingerprint density at radius 2 is 1.15 bits per heavy atom. The monoisotopic (exact) mass is 601 g/mol. The first-order valence-electron chi connectivity index (χ1n) is 15.9. The van der Waals surface area contributed by atoms with Crippen LogP contribution in [0.3, 0.4) is 0 Å². The van der Waals surface area contributed by atoms with Gasteiger partial charge in [0.05, 0.1) is 16.7 Å². The van der Waals surface area contributed by atoms with Gasteiger partial charge < -0.3 is 4.74 Å². The molecule has 0 unspecified atom stereocenters.